The summed E-state index contributed by atoms with van der Waals surface area (Å²) in [7, 11) is 1.40. The Hall–Kier alpha value is -0.800. The fourth-order valence-electron chi connectivity index (χ4n) is 0.957. The van der Waals surface area contributed by atoms with Gasteiger partial charge in [0.25, 0.3) is 0 Å². The summed E-state index contributed by atoms with van der Waals surface area (Å²) in [5.41, 5.74) is -0.149. The summed E-state index contributed by atoms with van der Waals surface area (Å²) in [4.78, 5) is 11.2. The van der Waals surface area contributed by atoms with Gasteiger partial charge in [-0.2, -0.15) is 0 Å². The summed E-state index contributed by atoms with van der Waals surface area (Å²) < 4.78 is 18.1. The fourth-order valence-corrected chi connectivity index (χ4v) is 1.31. The molecule has 0 aliphatic rings. The predicted octanol–water partition coefficient (Wildman–Crippen LogP) is 2.91. The van der Waals surface area contributed by atoms with Crippen molar-refractivity contribution in [1.82, 2.24) is 0 Å². The van der Waals surface area contributed by atoms with E-state index in [1.54, 1.807) is 0 Å². The minimum atomic E-state index is -0.766. The molecule has 0 saturated carbocycles. The maximum atomic E-state index is 13.3. The number of ether oxygens (including phenoxy) is 1. The smallest absolute Gasteiger partial charge is 0.180 e. The summed E-state index contributed by atoms with van der Waals surface area (Å²) >= 11 is 10.9. The van der Waals surface area contributed by atoms with Crippen molar-refractivity contribution in [2.75, 3.05) is 13.0 Å². The highest BCUT2D eigenvalue weighted by atomic mass is 35.5. The first kappa shape index (κ1) is 11.3. The zero-order chi connectivity index (χ0) is 10.7. The minimum Gasteiger partial charge on any atom is -0.497 e. The van der Waals surface area contributed by atoms with E-state index in [0.717, 1.165) is 0 Å². The summed E-state index contributed by atoms with van der Waals surface area (Å²) in [6, 6.07) is 2.56. The van der Waals surface area contributed by atoms with Crippen LogP contribution in [0.3, 0.4) is 0 Å². The van der Waals surface area contributed by atoms with Crippen LogP contribution in [0, 0.1) is 5.82 Å². The molecule has 1 aromatic rings. The van der Waals surface area contributed by atoms with Gasteiger partial charge in [0.05, 0.1) is 23.6 Å². The van der Waals surface area contributed by atoms with Gasteiger partial charge in [0.1, 0.15) is 5.75 Å². The first-order valence-corrected chi connectivity index (χ1v) is 4.63. The molecule has 0 aromatic heterocycles. The third kappa shape index (κ3) is 2.16. The van der Waals surface area contributed by atoms with E-state index in [0.29, 0.717) is 5.75 Å². The number of methoxy groups -OCH3 is 1. The molecule has 76 valence electrons. The van der Waals surface area contributed by atoms with E-state index in [9.17, 15) is 9.18 Å². The molecule has 0 saturated heterocycles. The lowest BCUT2D eigenvalue weighted by Crippen LogP contribution is -2.04. The van der Waals surface area contributed by atoms with Crippen LogP contribution in [0.1, 0.15) is 10.4 Å². The summed E-state index contributed by atoms with van der Waals surface area (Å²) in [6.07, 6.45) is 0. The second kappa shape index (κ2) is 4.62. The zero-order valence-electron chi connectivity index (χ0n) is 7.31. The summed E-state index contributed by atoms with van der Waals surface area (Å²) in [6.45, 7) is 0. The Morgan fingerprint density at radius 3 is 2.71 bits per heavy atom. The molecule has 0 bridgehead atoms. The van der Waals surface area contributed by atoms with Crippen LogP contribution in [0.15, 0.2) is 12.1 Å². The van der Waals surface area contributed by atoms with Crippen molar-refractivity contribution in [2.45, 2.75) is 0 Å². The number of carbonyl (C=O) groups is 1. The number of halogens is 3. The highest BCUT2D eigenvalue weighted by Gasteiger charge is 2.15. The second-order valence-electron chi connectivity index (χ2n) is 2.53. The number of hydrogen-bond acceptors (Lipinski definition) is 2. The van der Waals surface area contributed by atoms with Gasteiger partial charge in [-0.25, -0.2) is 4.39 Å². The third-order valence-electron chi connectivity index (χ3n) is 1.66. The van der Waals surface area contributed by atoms with E-state index in [1.165, 1.54) is 19.2 Å². The maximum Gasteiger partial charge on any atom is 0.180 e. The van der Waals surface area contributed by atoms with Gasteiger partial charge in [0.15, 0.2) is 11.6 Å². The molecule has 0 N–H and O–H groups in total. The van der Waals surface area contributed by atoms with Gasteiger partial charge in [-0.15, -0.1) is 11.6 Å². The Balaban J connectivity index is 3.27. The molecule has 0 unspecified atom stereocenters. The number of alkyl halides is 1. The van der Waals surface area contributed by atoms with Crippen LogP contribution >= 0.6 is 23.2 Å². The standard InChI is InChI=1S/C9H7Cl2FO2/c1-14-5-2-6(8(13)4-10)9(12)7(11)3-5/h2-3H,4H2,1H3. The van der Waals surface area contributed by atoms with Gasteiger partial charge in [-0.1, -0.05) is 11.6 Å². The quantitative estimate of drug-likeness (QED) is 0.596. The molecule has 14 heavy (non-hydrogen) atoms. The van der Waals surface area contributed by atoms with Gasteiger partial charge >= 0.3 is 0 Å². The molecule has 5 heteroatoms. The molecule has 0 heterocycles. The lowest BCUT2D eigenvalue weighted by atomic mass is 10.1. The van der Waals surface area contributed by atoms with E-state index in [-0.39, 0.29) is 16.5 Å². The van der Waals surface area contributed by atoms with E-state index in [2.05, 4.69) is 0 Å². The Morgan fingerprint density at radius 2 is 2.21 bits per heavy atom. The molecule has 1 rings (SSSR count). The molecular weight excluding hydrogens is 230 g/mol. The number of ketones is 1. The molecule has 0 fully saturated rings. The first-order chi connectivity index (χ1) is 6.60. The van der Waals surface area contributed by atoms with E-state index in [1.807, 2.05) is 0 Å². The minimum absolute atomic E-state index is 0.149. The van der Waals surface area contributed by atoms with Crippen molar-refractivity contribution >= 4 is 29.0 Å². The van der Waals surface area contributed by atoms with Gasteiger partial charge in [-0.3, -0.25) is 4.79 Å². The Bertz CT molecular complexity index is 366. The largest absolute Gasteiger partial charge is 0.497 e. The molecule has 0 spiro atoms. The van der Waals surface area contributed by atoms with Crippen LogP contribution < -0.4 is 4.74 Å². The van der Waals surface area contributed by atoms with E-state index in [4.69, 9.17) is 27.9 Å². The molecule has 0 aliphatic heterocycles. The molecular formula is C9H7Cl2FO2. The van der Waals surface area contributed by atoms with Crippen molar-refractivity contribution in [1.29, 1.82) is 0 Å². The van der Waals surface area contributed by atoms with Crippen LogP contribution in [0.4, 0.5) is 4.39 Å². The normalized spacial score (nSPS) is 10.0. The number of carbonyl (C=O) groups excluding carboxylic acids is 1. The Labute approximate surface area is 90.6 Å². The van der Waals surface area contributed by atoms with Gasteiger partial charge in [0.2, 0.25) is 0 Å². The maximum absolute atomic E-state index is 13.3. The Kier molecular flexibility index (Phi) is 3.72. The number of benzene rings is 1. The summed E-state index contributed by atoms with van der Waals surface area (Å²) in [5, 5.41) is -0.155. The van der Waals surface area contributed by atoms with Crippen LogP contribution in [0.5, 0.6) is 5.75 Å². The summed E-state index contributed by atoms with van der Waals surface area (Å²) in [5.74, 6) is -1.26. The van der Waals surface area contributed by atoms with Crippen LogP contribution in [-0.4, -0.2) is 18.8 Å². The first-order valence-electron chi connectivity index (χ1n) is 3.72. The van der Waals surface area contributed by atoms with Gasteiger partial charge < -0.3 is 4.74 Å². The van der Waals surface area contributed by atoms with Crippen molar-refractivity contribution in [3.63, 3.8) is 0 Å². The lowest BCUT2D eigenvalue weighted by Gasteiger charge is -2.05. The van der Waals surface area contributed by atoms with Crippen molar-refractivity contribution in [2.24, 2.45) is 0 Å². The monoisotopic (exact) mass is 236 g/mol. The fraction of sp³-hybridized carbons (Fsp3) is 0.222. The average Bonchev–Trinajstić information content (AvgIpc) is 2.20. The second-order valence-corrected chi connectivity index (χ2v) is 3.20. The van der Waals surface area contributed by atoms with E-state index >= 15 is 0 Å². The highest BCUT2D eigenvalue weighted by molar-refractivity contribution is 6.33. The zero-order valence-corrected chi connectivity index (χ0v) is 8.82. The predicted molar refractivity (Wildman–Crippen MR) is 53.0 cm³/mol. The number of Topliss-reactive ketones (excluding diaryl/α,β-unsaturated/α-hetero) is 1. The molecule has 0 radical (unpaired) electrons. The Morgan fingerprint density at radius 1 is 1.57 bits per heavy atom. The molecule has 2 nitrogen and oxygen atoms in total. The topological polar surface area (TPSA) is 26.3 Å². The van der Waals surface area contributed by atoms with Crippen LogP contribution in [0.2, 0.25) is 5.02 Å². The lowest BCUT2D eigenvalue weighted by molar-refractivity contribution is 0.101. The van der Waals surface area contributed by atoms with Crippen LogP contribution in [0.25, 0.3) is 0 Å². The number of rotatable bonds is 3. The van der Waals surface area contributed by atoms with E-state index < -0.39 is 11.6 Å². The highest BCUT2D eigenvalue weighted by Crippen LogP contribution is 2.25. The number of hydrogen-bond donors (Lipinski definition) is 0. The average molecular weight is 237 g/mol. The van der Waals surface area contributed by atoms with Crippen molar-refractivity contribution < 1.29 is 13.9 Å². The van der Waals surface area contributed by atoms with Crippen molar-refractivity contribution in [3.05, 3.63) is 28.5 Å². The molecule has 0 amide bonds. The van der Waals surface area contributed by atoms with Gasteiger partial charge in [0, 0.05) is 6.07 Å². The SMILES string of the molecule is COc1cc(Cl)c(F)c(C(=O)CCl)c1. The molecule has 1 aromatic carbocycles. The molecule has 0 aliphatic carbocycles. The van der Waals surface area contributed by atoms with Crippen LogP contribution in [-0.2, 0) is 0 Å². The van der Waals surface area contributed by atoms with Gasteiger partial charge in [-0.05, 0) is 6.07 Å². The third-order valence-corrected chi connectivity index (χ3v) is 2.18. The van der Waals surface area contributed by atoms with Crippen molar-refractivity contribution in [3.8, 4) is 5.75 Å². The molecule has 0 atom stereocenters.